The van der Waals surface area contributed by atoms with E-state index in [-0.39, 0.29) is 11.3 Å². The Morgan fingerprint density at radius 2 is 2.06 bits per heavy atom. The van der Waals surface area contributed by atoms with Gasteiger partial charge in [-0.05, 0) is 25.2 Å². The van der Waals surface area contributed by atoms with Crippen LogP contribution in [-0.4, -0.2) is 21.9 Å². The highest BCUT2D eigenvalue weighted by molar-refractivity contribution is 5.23. The summed E-state index contributed by atoms with van der Waals surface area (Å²) in [5.41, 5.74) is -1.15. The fourth-order valence-corrected chi connectivity index (χ4v) is 2.75. The van der Waals surface area contributed by atoms with Crippen LogP contribution in [0, 0.1) is 23.2 Å². The first kappa shape index (κ1) is 14.5. The lowest BCUT2D eigenvalue weighted by atomic mass is 9.61. The maximum absolute atomic E-state index is 10.8. The summed E-state index contributed by atoms with van der Waals surface area (Å²) in [6, 6.07) is 0. The molecule has 1 fully saturated rings. The molecule has 0 aromatic carbocycles. The molecule has 2 nitrogen and oxygen atoms in total. The minimum atomic E-state index is -0.958. The Morgan fingerprint density at radius 3 is 2.59 bits per heavy atom. The van der Waals surface area contributed by atoms with Gasteiger partial charge < -0.3 is 10.2 Å². The smallest absolute Gasteiger partial charge is 0.133 e. The van der Waals surface area contributed by atoms with Crippen molar-refractivity contribution in [2.75, 3.05) is 0 Å². The minimum Gasteiger partial charge on any atom is -0.380 e. The van der Waals surface area contributed by atoms with Crippen molar-refractivity contribution in [3.05, 3.63) is 0 Å². The third-order valence-corrected chi connectivity index (χ3v) is 4.18. The number of aliphatic hydroxyl groups is 2. The van der Waals surface area contributed by atoms with E-state index in [2.05, 4.69) is 32.6 Å². The van der Waals surface area contributed by atoms with Crippen molar-refractivity contribution in [3.63, 3.8) is 0 Å². The number of rotatable bonds is 2. The number of hydrogen-bond acceptors (Lipinski definition) is 2. The van der Waals surface area contributed by atoms with Crippen LogP contribution in [0.25, 0.3) is 0 Å². The molecule has 0 spiro atoms. The van der Waals surface area contributed by atoms with Crippen molar-refractivity contribution in [1.29, 1.82) is 0 Å². The van der Waals surface area contributed by atoms with Crippen LogP contribution >= 0.6 is 0 Å². The zero-order valence-electron chi connectivity index (χ0n) is 11.6. The van der Waals surface area contributed by atoms with E-state index in [1.165, 1.54) is 0 Å². The molecule has 98 valence electrons. The molecule has 17 heavy (non-hydrogen) atoms. The standard InChI is InChI=1S/C15H26O2/c1-5-7-13(16)9-11-15(17)12(2)8-6-10-14(15,3)4/h12-13,16-17H,5-8,10H2,1-4H3. The second kappa shape index (κ2) is 5.42. The third-order valence-electron chi connectivity index (χ3n) is 4.18. The van der Waals surface area contributed by atoms with E-state index in [1.54, 1.807) is 0 Å². The summed E-state index contributed by atoms with van der Waals surface area (Å²) in [6.07, 6.45) is 4.14. The fourth-order valence-electron chi connectivity index (χ4n) is 2.75. The van der Waals surface area contributed by atoms with Gasteiger partial charge in [-0.2, -0.15) is 0 Å². The van der Waals surface area contributed by atoms with E-state index >= 15 is 0 Å². The molecular formula is C15H26O2. The average Bonchev–Trinajstić information content (AvgIpc) is 2.24. The second-order valence-electron chi connectivity index (χ2n) is 6.02. The van der Waals surface area contributed by atoms with Crippen molar-refractivity contribution in [2.24, 2.45) is 11.3 Å². The Balaban J connectivity index is 2.89. The molecule has 2 heteroatoms. The molecule has 0 bridgehead atoms. The Hall–Kier alpha value is -0.520. The zero-order chi connectivity index (χ0) is 13.1. The van der Waals surface area contributed by atoms with E-state index in [0.717, 1.165) is 25.7 Å². The van der Waals surface area contributed by atoms with Gasteiger partial charge in [-0.25, -0.2) is 0 Å². The Labute approximate surface area is 105 Å². The molecule has 1 rings (SSSR count). The monoisotopic (exact) mass is 238 g/mol. The molecule has 0 saturated heterocycles. The normalized spacial score (nSPS) is 33.6. The minimum absolute atomic E-state index is 0.174. The lowest BCUT2D eigenvalue weighted by molar-refractivity contribution is -0.0862. The van der Waals surface area contributed by atoms with E-state index in [1.807, 2.05) is 6.92 Å². The van der Waals surface area contributed by atoms with Crippen LogP contribution in [-0.2, 0) is 0 Å². The van der Waals surface area contributed by atoms with Gasteiger partial charge in [0.25, 0.3) is 0 Å². The third kappa shape index (κ3) is 3.03. The van der Waals surface area contributed by atoms with Crippen LogP contribution in [0.1, 0.15) is 59.8 Å². The summed E-state index contributed by atoms with van der Waals surface area (Å²) < 4.78 is 0. The lowest BCUT2D eigenvalue weighted by Gasteiger charge is -2.47. The number of hydrogen-bond donors (Lipinski definition) is 2. The summed E-state index contributed by atoms with van der Waals surface area (Å²) in [5, 5.41) is 20.5. The zero-order valence-corrected chi connectivity index (χ0v) is 11.6. The van der Waals surface area contributed by atoms with Gasteiger partial charge in [0.15, 0.2) is 0 Å². The molecule has 3 unspecified atom stereocenters. The number of aliphatic hydroxyl groups excluding tert-OH is 1. The SMILES string of the molecule is CCCC(O)C#CC1(O)C(C)CCCC1(C)C. The quantitative estimate of drug-likeness (QED) is 0.726. The fraction of sp³-hybridized carbons (Fsp3) is 0.867. The first-order chi connectivity index (χ1) is 7.83. The summed E-state index contributed by atoms with van der Waals surface area (Å²) in [6.45, 7) is 8.22. The largest absolute Gasteiger partial charge is 0.380 e. The molecule has 0 amide bonds. The van der Waals surface area contributed by atoms with Gasteiger partial charge in [0.2, 0.25) is 0 Å². The van der Waals surface area contributed by atoms with Crippen LogP contribution in [0.4, 0.5) is 0 Å². The predicted octanol–water partition coefficient (Wildman–Crippen LogP) is 2.73. The van der Waals surface area contributed by atoms with Crippen LogP contribution in [0.15, 0.2) is 0 Å². The summed E-state index contributed by atoms with van der Waals surface area (Å²) in [5.74, 6) is 5.99. The molecule has 1 aliphatic rings. The Morgan fingerprint density at radius 1 is 1.41 bits per heavy atom. The molecule has 2 N–H and O–H groups in total. The van der Waals surface area contributed by atoms with Crippen LogP contribution in [0.3, 0.4) is 0 Å². The van der Waals surface area contributed by atoms with Gasteiger partial charge in [-0.15, -0.1) is 0 Å². The molecule has 0 aliphatic heterocycles. The predicted molar refractivity (Wildman–Crippen MR) is 70.4 cm³/mol. The van der Waals surface area contributed by atoms with Crippen molar-refractivity contribution >= 4 is 0 Å². The van der Waals surface area contributed by atoms with E-state index in [0.29, 0.717) is 6.42 Å². The van der Waals surface area contributed by atoms with Crippen LogP contribution < -0.4 is 0 Å². The molecule has 3 atom stereocenters. The second-order valence-corrected chi connectivity index (χ2v) is 6.02. The van der Waals surface area contributed by atoms with Crippen LogP contribution in [0.5, 0.6) is 0 Å². The molecule has 0 aromatic heterocycles. The van der Waals surface area contributed by atoms with E-state index < -0.39 is 11.7 Å². The maximum Gasteiger partial charge on any atom is 0.133 e. The molecule has 0 aromatic rings. The van der Waals surface area contributed by atoms with Gasteiger partial charge in [-0.3, -0.25) is 0 Å². The summed E-state index contributed by atoms with van der Waals surface area (Å²) in [4.78, 5) is 0. The lowest BCUT2D eigenvalue weighted by Crippen LogP contribution is -2.51. The van der Waals surface area contributed by atoms with Gasteiger partial charge in [0.05, 0.1) is 0 Å². The molecule has 0 radical (unpaired) electrons. The molecule has 1 saturated carbocycles. The first-order valence-electron chi connectivity index (χ1n) is 6.76. The summed E-state index contributed by atoms with van der Waals surface area (Å²) in [7, 11) is 0. The molecule has 1 aliphatic carbocycles. The van der Waals surface area contributed by atoms with Crippen molar-refractivity contribution < 1.29 is 10.2 Å². The van der Waals surface area contributed by atoms with Gasteiger partial charge >= 0.3 is 0 Å². The first-order valence-corrected chi connectivity index (χ1v) is 6.76. The average molecular weight is 238 g/mol. The summed E-state index contributed by atoms with van der Waals surface area (Å²) >= 11 is 0. The van der Waals surface area contributed by atoms with E-state index in [9.17, 15) is 10.2 Å². The topological polar surface area (TPSA) is 40.5 Å². The Bertz CT molecular complexity index is 311. The Kier molecular flexibility index (Phi) is 4.63. The van der Waals surface area contributed by atoms with Crippen molar-refractivity contribution in [2.45, 2.75) is 71.5 Å². The maximum atomic E-state index is 10.8. The van der Waals surface area contributed by atoms with Crippen molar-refractivity contribution in [1.82, 2.24) is 0 Å². The van der Waals surface area contributed by atoms with E-state index in [4.69, 9.17) is 0 Å². The highest BCUT2D eigenvalue weighted by Crippen LogP contribution is 2.46. The van der Waals surface area contributed by atoms with Gasteiger partial charge in [0.1, 0.15) is 11.7 Å². The molecular weight excluding hydrogens is 212 g/mol. The van der Waals surface area contributed by atoms with Gasteiger partial charge in [-0.1, -0.05) is 52.4 Å². The van der Waals surface area contributed by atoms with Crippen LogP contribution in [0.2, 0.25) is 0 Å². The highest BCUT2D eigenvalue weighted by Gasteiger charge is 2.48. The van der Waals surface area contributed by atoms with Gasteiger partial charge in [0, 0.05) is 5.41 Å². The molecule has 0 heterocycles. The van der Waals surface area contributed by atoms with Crippen molar-refractivity contribution in [3.8, 4) is 11.8 Å². The highest BCUT2D eigenvalue weighted by atomic mass is 16.3.